The number of hydrogen-bond donors (Lipinski definition) is 2. The van der Waals surface area contributed by atoms with Crippen LogP contribution in [0.15, 0.2) is 58.8 Å². The lowest BCUT2D eigenvalue weighted by molar-refractivity contribution is 0.415. The second-order valence-corrected chi connectivity index (χ2v) is 4.27. The Morgan fingerprint density at radius 3 is 2.60 bits per heavy atom. The number of nitrogens with zero attached hydrogens (tertiary/aromatic N) is 2. The van der Waals surface area contributed by atoms with Crippen molar-refractivity contribution in [1.82, 2.24) is 4.98 Å². The number of ether oxygens (including phenoxy) is 1. The maximum absolute atomic E-state index is 10.1. The molecule has 0 aliphatic rings. The lowest BCUT2D eigenvalue weighted by atomic mass is 10.2. The van der Waals surface area contributed by atoms with Crippen molar-refractivity contribution in [2.24, 2.45) is 10.2 Å². The number of hydrogen-bond acceptors (Lipinski definition) is 4. The first kappa shape index (κ1) is 12.2. The Morgan fingerprint density at radius 1 is 1.05 bits per heavy atom. The summed E-state index contributed by atoms with van der Waals surface area (Å²) < 4.78 is 5.14. The topological polar surface area (TPSA) is 70.0 Å². The van der Waals surface area contributed by atoms with Gasteiger partial charge in [0, 0.05) is 5.39 Å². The molecule has 2 N–H and O–H groups in total. The fraction of sp³-hybridized carbons (Fsp3) is 0.0667. The zero-order valence-corrected chi connectivity index (χ0v) is 10.9. The molecule has 0 unspecified atom stereocenters. The highest BCUT2D eigenvalue weighted by molar-refractivity contribution is 5.92. The van der Waals surface area contributed by atoms with E-state index in [0.717, 1.165) is 11.2 Å². The van der Waals surface area contributed by atoms with E-state index < -0.39 is 0 Å². The molecule has 5 heteroatoms. The molecule has 0 saturated carbocycles. The maximum atomic E-state index is 10.1. The predicted octanol–water partition coefficient (Wildman–Crippen LogP) is 4.30. The number of fused-ring (bicyclic) bond motifs is 1. The van der Waals surface area contributed by atoms with E-state index in [1.807, 2.05) is 42.5 Å². The van der Waals surface area contributed by atoms with Crippen LogP contribution < -0.4 is 4.74 Å². The molecule has 100 valence electrons. The van der Waals surface area contributed by atoms with E-state index in [0.29, 0.717) is 17.0 Å². The van der Waals surface area contributed by atoms with Crippen LogP contribution in [0.2, 0.25) is 0 Å². The van der Waals surface area contributed by atoms with Crippen molar-refractivity contribution in [3.8, 4) is 11.5 Å². The third-order valence-corrected chi connectivity index (χ3v) is 2.98. The van der Waals surface area contributed by atoms with Gasteiger partial charge in [0.15, 0.2) is 11.6 Å². The number of benzene rings is 2. The minimum Gasteiger partial charge on any atom is -0.504 e. The lowest BCUT2D eigenvalue weighted by Gasteiger charge is -1.98. The Labute approximate surface area is 115 Å². The van der Waals surface area contributed by atoms with Crippen LogP contribution >= 0.6 is 0 Å². The molecule has 5 nitrogen and oxygen atoms in total. The molecule has 2 aromatic carbocycles. The molecule has 0 fully saturated rings. The second-order valence-electron chi connectivity index (χ2n) is 4.27. The Morgan fingerprint density at radius 2 is 1.85 bits per heavy atom. The second kappa shape index (κ2) is 5.05. The first-order chi connectivity index (χ1) is 9.78. The molecular formula is C15H13N3O2. The van der Waals surface area contributed by atoms with E-state index >= 15 is 0 Å². The van der Waals surface area contributed by atoms with Crippen molar-refractivity contribution in [3.63, 3.8) is 0 Å². The fourth-order valence-corrected chi connectivity index (χ4v) is 1.94. The molecule has 1 aromatic heterocycles. The summed E-state index contributed by atoms with van der Waals surface area (Å²) in [5.41, 5.74) is 1.51. The van der Waals surface area contributed by atoms with Crippen LogP contribution in [-0.4, -0.2) is 17.2 Å². The van der Waals surface area contributed by atoms with Gasteiger partial charge in [0.25, 0.3) is 0 Å². The van der Waals surface area contributed by atoms with Gasteiger partial charge in [-0.25, -0.2) is 0 Å². The number of aromatic hydroxyl groups is 1. The van der Waals surface area contributed by atoms with E-state index in [1.165, 1.54) is 0 Å². The third kappa shape index (κ3) is 2.21. The van der Waals surface area contributed by atoms with Gasteiger partial charge in [0.05, 0.1) is 18.3 Å². The number of methoxy groups -OCH3 is 1. The number of H-pyrrole nitrogens is 1. The van der Waals surface area contributed by atoms with Gasteiger partial charge in [-0.2, -0.15) is 0 Å². The molecule has 0 amide bonds. The summed E-state index contributed by atoms with van der Waals surface area (Å²) in [7, 11) is 1.58. The van der Waals surface area contributed by atoms with Gasteiger partial charge in [0.2, 0.25) is 0 Å². The van der Waals surface area contributed by atoms with Crippen LogP contribution in [-0.2, 0) is 0 Å². The van der Waals surface area contributed by atoms with Crippen molar-refractivity contribution >= 4 is 22.4 Å². The highest BCUT2D eigenvalue weighted by Gasteiger charge is 2.10. The molecule has 0 radical (unpaired) electrons. The van der Waals surface area contributed by atoms with Crippen molar-refractivity contribution in [2.75, 3.05) is 7.11 Å². The van der Waals surface area contributed by atoms with E-state index in [4.69, 9.17) is 4.74 Å². The Kier molecular flexibility index (Phi) is 3.09. The summed E-state index contributed by atoms with van der Waals surface area (Å²) in [6, 6.07) is 14.7. The van der Waals surface area contributed by atoms with Gasteiger partial charge in [-0.15, -0.1) is 10.2 Å². The van der Waals surface area contributed by atoms with Crippen LogP contribution in [0.25, 0.3) is 10.9 Å². The third-order valence-electron chi connectivity index (χ3n) is 2.98. The van der Waals surface area contributed by atoms with Gasteiger partial charge in [-0.3, -0.25) is 0 Å². The molecule has 0 spiro atoms. The summed E-state index contributed by atoms with van der Waals surface area (Å²) in [5, 5.41) is 18.9. The molecule has 0 aliphatic heterocycles. The summed E-state index contributed by atoms with van der Waals surface area (Å²) in [6.07, 6.45) is 0. The molecule has 0 aliphatic carbocycles. The van der Waals surface area contributed by atoms with Gasteiger partial charge in [-0.05, 0) is 30.3 Å². The minimum atomic E-state index is 0.0681. The quantitative estimate of drug-likeness (QED) is 0.694. The maximum Gasteiger partial charge on any atom is 0.196 e. The smallest absolute Gasteiger partial charge is 0.196 e. The van der Waals surface area contributed by atoms with Crippen molar-refractivity contribution < 1.29 is 9.84 Å². The van der Waals surface area contributed by atoms with E-state index in [9.17, 15) is 5.11 Å². The fourth-order valence-electron chi connectivity index (χ4n) is 1.94. The van der Waals surface area contributed by atoms with E-state index in [1.54, 1.807) is 13.2 Å². The zero-order valence-electron chi connectivity index (χ0n) is 10.9. The first-order valence-electron chi connectivity index (χ1n) is 6.13. The highest BCUT2D eigenvalue weighted by Crippen LogP contribution is 2.37. The van der Waals surface area contributed by atoms with Crippen molar-refractivity contribution in [1.29, 1.82) is 0 Å². The van der Waals surface area contributed by atoms with Gasteiger partial charge >= 0.3 is 0 Å². The van der Waals surface area contributed by atoms with Crippen molar-refractivity contribution in [2.45, 2.75) is 0 Å². The largest absolute Gasteiger partial charge is 0.504 e. The molecular weight excluding hydrogens is 254 g/mol. The van der Waals surface area contributed by atoms with Gasteiger partial charge < -0.3 is 14.8 Å². The number of azo groups is 1. The van der Waals surface area contributed by atoms with E-state index in [-0.39, 0.29) is 5.75 Å². The monoisotopic (exact) mass is 267 g/mol. The molecule has 3 aromatic rings. The molecule has 0 bridgehead atoms. The van der Waals surface area contributed by atoms with Crippen molar-refractivity contribution in [3.05, 3.63) is 48.5 Å². The predicted molar refractivity (Wildman–Crippen MR) is 77.1 cm³/mol. The minimum absolute atomic E-state index is 0.0681. The average molecular weight is 267 g/mol. The molecule has 0 saturated heterocycles. The molecule has 20 heavy (non-hydrogen) atoms. The van der Waals surface area contributed by atoms with E-state index in [2.05, 4.69) is 15.2 Å². The number of aromatic nitrogens is 1. The standard InChI is InChI=1S/C15H13N3O2/c1-20-11-7-8-13-12(9-11)14(19)15(16-13)18-17-10-5-3-2-4-6-10/h2-9,16,19H,1H3. The normalized spacial score (nSPS) is 11.2. The number of rotatable bonds is 3. The summed E-state index contributed by atoms with van der Waals surface area (Å²) in [4.78, 5) is 3.02. The Balaban J connectivity index is 2.00. The Hall–Kier alpha value is -2.82. The number of aromatic amines is 1. The summed E-state index contributed by atoms with van der Waals surface area (Å²) >= 11 is 0. The van der Waals surface area contributed by atoms with Crippen LogP contribution in [0.1, 0.15) is 0 Å². The lowest BCUT2D eigenvalue weighted by Crippen LogP contribution is -1.80. The molecule has 0 atom stereocenters. The highest BCUT2D eigenvalue weighted by atomic mass is 16.5. The summed E-state index contributed by atoms with van der Waals surface area (Å²) in [6.45, 7) is 0. The zero-order chi connectivity index (χ0) is 13.9. The van der Waals surface area contributed by atoms with Crippen LogP contribution in [0.4, 0.5) is 11.5 Å². The molecule has 1 heterocycles. The Bertz CT molecular complexity index is 763. The molecule has 3 rings (SSSR count). The van der Waals surface area contributed by atoms with Gasteiger partial charge in [0.1, 0.15) is 5.75 Å². The first-order valence-corrected chi connectivity index (χ1v) is 6.13. The number of nitrogens with one attached hydrogen (secondary N) is 1. The average Bonchev–Trinajstić information content (AvgIpc) is 2.82. The summed E-state index contributed by atoms with van der Waals surface area (Å²) in [5.74, 6) is 1.08. The van der Waals surface area contributed by atoms with Crippen LogP contribution in [0.3, 0.4) is 0 Å². The van der Waals surface area contributed by atoms with Crippen LogP contribution in [0.5, 0.6) is 11.5 Å². The van der Waals surface area contributed by atoms with Crippen LogP contribution in [0, 0.1) is 0 Å². The SMILES string of the molecule is COc1ccc2[nH]c(N=Nc3ccccc3)c(O)c2c1. The van der Waals surface area contributed by atoms with Gasteiger partial charge in [-0.1, -0.05) is 18.2 Å².